The summed E-state index contributed by atoms with van der Waals surface area (Å²) in [7, 11) is 0. The van der Waals surface area contributed by atoms with Crippen LogP contribution in [0.2, 0.25) is 0 Å². The summed E-state index contributed by atoms with van der Waals surface area (Å²) in [5, 5.41) is 0. The van der Waals surface area contributed by atoms with E-state index >= 15 is 0 Å². The van der Waals surface area contributed by atoms with E-state index in [0.29, 0.717) is 0 Å². The smallest absolute Gasteiger partial charge is 0.0190 e. The van der Waals surface area contributed by atoms with Gasteiger partial charge in [-0.15, -0.1) is 0 Å². The third-order valence-electron chi connectivity index (χ3n) is 3.17. The molecule has 0 spiro atoms. The van der Waals surface area contributed by atoms with E-state index in [2.05, 4.69) is 63.8 Å². The van der Waals surface area contributed by atoms with Gasteiger partial charge in [-0.1, -0.05) is 48.6 Å². The molecular formula is C20H36N2. The number of unbranched alkanes of at least 4 members (excludes halogenated alkanes) is 1. The van der Waals surface area contributed by atoms with E-state index in [4.69, 9.17) is 0 Å². The molecule has 0 atom stereocenters. The Balaban J connectivity index is 4.20. The molecule has 0 rings (SSSR count). The van der Waals surface area contributed by atoms with Crippen molar-refractivity contribution in [1.29, 1.82) is 0 Å². The number of hydrogen-bond donors (Lipinski definition) is 0. The Kier molecular flexibility index (Phi) is 10.9. The lowest BCUT2D eigenvalue weighted by atomic mass is 10.2. The molecule has 0 fully saturated rings. The Morgan fingerprint density at radius 3 is 0.955 bits per heavy atom. The van der Waals surface area contributed by atoms with Gasteiger partial charge in [0.1, 0.15) is 0 Å². The molecule has 0 unspecified atom stereocenters. The van der Waals surface area contributed by atoms with Gasteiger partial charge < -0.3 is 0 Å². The van der Waals surface area contributed by atoms with Crippen LogP contribution in [0.4, 0.5) is 0 Å². The first-order valence-corrected chi connectivity index (χ1v) is 8.23. The van der Waals surface area contributed by atoms with Gasteiger partial charge in [0.2, 0.25) is 0 Å². The Labute approximate surface area is 138 Å². The fourth-order valence-corrected chi connectivity index (χ4v) is 2.63. The summed E-state index contributed by atoms with van der Waals surface area (Å²) >= 11 is 0. The normalized spacial score (nSPS) is 11.0. The second-order valence-corrected chi connectivity index (χ2v) is 6.96. The lowest BCUT2D eigenvalue weighted by Crippen LogP contribution is -2.31. The number of nitrogens with zero attached hydrogens (tertiary/aromatic N) is 2. The van der Waals surface area contributed by atoms with Gasteiger partial charge >= 0.3 is 0 Å². The molecule has 0 aromatic heterocycles. The zero-order valence-electron chi connectivity index (χ0n) is 15.4. The van der Waals surface area contributed by atoms with Crippen molar-refractivity contribution < 1.29 is 0 Å². The lowest BCUT2D eigenvalue weighted by Gasteiger charge is -2.25. The standard InChI is InChI=1S/C20H36N2/c1-17(2)13-21(14-18(3)4)11-9-10-12-22(15-19(5)6)16-20(7)8/h1,3,5,7,9-16H2,2,4,6,8H3. The van der Waals surface area contributed by atoms with Crippen LogP contribution in [0.3, 0.4) is 0 Å². The van der Waals surface area contributed by atoms with Crippen LogP contribution in [0.25, 0.3) is 0 Å². The fraction of sp³-hybridized carbons (Fsp3) is 0.600. The number of hydrogen-bond acceptors (Lipinski definition) is 2. The summed E-state index contributed by atoms with van der Waals surface area (Å²) < 4.78 is 0. The lowest BCUT2D eigenvalue weighted by molar-refractivity contribution is 0.281. The quantitative estimate of drug-likeness (QED) is 0.360. The SMILES string of the molecule is C=C(C)CN(CCCCN(CC(=C)C)CC(=C)C)CC(=C)C. The van der Waals surface area contributed by atoms with E-state index in [-0.39, 0.29) is 0 Å². The summed E-state index contributed by atoms with van der Waals surface area (Å²) in [6, 6.07) is 0. The van der Waals surface area contributed by atoms with Crippen LogP contribution >= 0.6 is 0 Å². The third kappa shape index (κ3) is 12.6. The molecule has 0 saturated heterocycles. The molecule has 0 aromatic rings. The van der Waals surface area contributed by atoms with Gasteiger partial charge in [-0.05, 0) is 53.6 Å². The summed E-state index contributed by atoms with van der Waals surface area (Å²) in [4.78, 5) is 4.87. The highest BCUT2D eigenvalue weighted by Gasteiger charge is 2.08. The van der Waals surface area contributed by atoms with Gasteiger partial charge in [-0.3, -0.25) is 9.80 Å². The summed E-state index contributed by atoms with van der Waals surface area (Å²) in [6.45, 7) is 30.5. The first-order chi connectivity index (χ1) is 10.2. The summed E-state index contributed by atoms with van der Waals surface area (Å²) in [5.41, 5.74) is 4.86. The molecule has 2 nitrogen and oxygen atoms in total. The van der Waals surface area contributed by atoms with Gasteiger partial charge in [0, 0.05) is 26.2 Å². The van der Waals surface area contributed by atoms with E-state index in [1.165, 1.54) is 35.1 Å². The zero-order chi connectivity index (χ0) is 17.1. The Hall–Kier alpha value is -1.12. The molecule has 0 aliphatic heterocycles. The monoisotopic (exact) mass is 304 g/mol. The van der Waals surface area contributed by atoms with Crippen LogP contribution < -0.4 is 0 Å². The largest absolute Gasteiger partial charge is 0.296 e. The topological polar surface area (TPSA) is 6.48 Å². The maximum Gasteiger partial charge on any atom is 0.0190 e. The maximum atomic E-state index is 4.03. The molecule has 126 valence electrons. The minimum absolute atomic E-state index is 0.966. The molecule has 0 saturated carbocycles. The minimum atomic E-state index is 0.966. The van der Waals surface area contributed by atoms with Crippen molar-refractivity contribution in [1.82, 2.24) is 9.80 Å². The first kappa shape index (κ1) is 20.9. The first-order valence-electron chi connectivity index (χ1n) is 8.23. The molecule has 22 heavy (non-hydrogen) atoms. The molecule has 2 heteroatoms. The summed E-state index contributed by atoms with van der Waals surface area (Å²) in [5.74, 6) is 0. The second-order valence-electron chi connectivity index (χ2n) is 6.96. The van der Waals surface area contributed by atoms with Crippen molar-refractivity contribution in [3.8, 4) is 0 Å². The second kappa shape index (κ2) is 11.4. The van der Waals surface area contributed by atoms with Crippen LogP contribution in [-0.2, 0) is 0 Å². The van der Waals surface area contributed by atoms with Crippen molar-refractivity contribution in [2.45, 2.75) is 40.5 Å². The molecule has 0 amide bonds. The van der Waals surface area contributed by atoms with Crippen molar-refractivity contribution in [2.24, 2.45) is 0 Å². The van der Waals surface area contributed by atoms with E-state index in [1.54, 1.807) is 0 Å². The van der Waals surface area contributed by atoms with E-state index in [9.17, 15) is 0 Å². The van der Waals surface area contributed by atoms with Gasteiger partial charge in [-0.25, -0.2) is 0 Å². The van der Waals surface area contributed by atoms with Crippen LogP contribution in [0.15, 0.2) is 48.6 Å². The molecule has 0 aliphatic carbocycles. The predicted octanol–water partition coefficient (Wildman–Crippen LogP) is 4.68. The maximum absolute atomic E-state index is 4.03. The van der Waals surface area contributed by atoms with Crippen molar-refractivity contribution in [3.63, 3.8) is 0 Å². The zero-order valence-corrected chi connectivity index (χ0v) is 15.4. The van der Waals surface area contributed by atoms with E-state index in [1.807, 2.05) is 0 Å². The Morgan fingerprint density at radius 2 is 0.773 bits per heavy atom. The van der Waals surface area contributed by atoms with Crippen molar-refractivity contribution in [3.05, 3.63) is 48.6 Å². The van der Waals surface area contributed by atoms with Gasteiger partial charge in [0.25, 0.3) is 0 Å². The predicted molar refractivity (Wildman–Crippen MR) is 101 cm³/mol. The highest BCUT2D eigenvalue weighted by molar-refractivity contribution is 4.99. The summed E-state index contributed by atoms with van der Waals surface area (Å²) in [6.07, 6.45) is 2.40. The highest BCUT2D eigenvalue weighted by Crippen LogP contribution is 2.06. The van der Waals surface area contributed by atoms with Gasteiger partial charge in [0.15, 0.2) is 0 Å². The van der Waals surface area contributed by atoms with Gasteiger partial charge in [-0.2, -0.15) is 0 Å². The van der Waals surface area contributed by atoms with Crippen molar-refractivity contribution in [2.75, 3.05) is 39.3 Å². The van der Waals surface area contributed by atoms with Crippen LogP contribution in [0.5, 0.6) is 0 Å². The fourth-order valence-electron chi connectivity index (χ4n) is 2.63. The molecular weight excluding hydrogens is 268 g/mol. The Bertz CT molecular complexity index is 323. The number of rotatable bonds is 13. The molecule has 0 N–H and O–H groups in total. The minimum Gasteiger partial charge on any atom is -0.296 e. The molecule has 0 aromatic carbocycles. The molecule has 0 heterocycles. The van der Waals surface area contributed by atoms with E-state index in [0.717, 1.165) is 39.3 Å². The third-order valence-corrected chi connectivity index (χ3v) is 3.17. The van der Waals surface area contributed by atoms with Crippen LogP contribution in [0.1, 0.15) is 40.5 Å². The molecule has 0 radical (unpaired) electrons. The van der Waals surface area contributed by atoms with Gasteiger partial charge in [0.05, 0.1) is 0 Å². The van der Waals surface area contributed by atoms with Crippen LogP contribution in [-0.4, -0.2) is 49.1 Å². The Morgan fingerprint density at radius 1 is 0.545 bits per heavy atom. The van der Waals surface area contributed by atoms with Crippen LogP contribution in [0, 0.1) is 0 Å². The molecule has 0 aliphatic rings. The van der Waals surface area contributed by atoms with Crippen molar-refractivity contribution >= 4 is 0 Å². The average Bonchev–Trinajstić information content (AvgIpc) is 2.31. The molecule has 0 bridgehead atoms. The highest BCUT2D eigenvalue weighted by atomic mass is 15.1. The average molecular weight is 305 g/mol. The van der Waals surface area contributed by atoms with E-state index < -0.39 is 0 Å².